The summed E-state index contributed by atoms with van der Waals surface area (Å²) in [7, 11) is 0. The molecule has 1 saturated heterocycles. The molecule has 1 fully saturated rings. The van der Waals surface area contributed by atoms with E-state index in [9.17, 15) is 0 Å². The lowest BCUT2D eigenvalue weighted by molar-refractivity contribution is 0.105. The normalized spacial score (nSPS) is 29.2. The molecular formula is C14H30N2. The van der Waals surface area contributed by atoms with Crippen LogP contribution in [0.5, 0.6) is 0 Å². The molecule has 0 aliphatic carbocycles. The first-order valence-corrected chi connectivity index (χ1v) is 7.13. The van der Waals surface area contributed by atoms with Crippen molar-refractivity contribution >= 4 is 0 Å². The number of hydrogen-bond donors (Lipinski definition) is 1. The van der Waals surface area contributed by atoms with Gasteiger partial charge >= 0.3 is 0 Å². The summed E-state index contributed by atoms with van der Waals surface area (Å²) in [6.07, 6.45) is 5.29. The number of rotatable bonds is 6. The third-order valence-electron chi connectivity index (χ3n) is 4.15. The SMILES string of the molecule is CCCC(C)CN1CCC(CN)C(CC)C1. The Bertz CT molecular complexity index is 182. The molecule has 0 spiro atoms. The lowest BCUT2D eigenvalue weighted by atomic mass is 9.83. The zero-order chi connectivity index (χ0) is 12.0. The minimum atomic E-state index is 0.780. The molecular weight excluding hydrogens is 196 g/mol. The molecule has 0 aromatic carbocycles. The standard InChI is InChI=1S/C14H30N2/c1-4-6-12(3)10-16-8-7-14(9-15)13(5-2)11-16/h12-14H,4-11,15H2,1-3H3. The minimum absolute atomic E-state index is 0.780. The molecule has 96 valence electrons. The van der Waals surface area contributed by atoms with E-state index in [1.165, 1.54) is 45.3 Å². The Morgan fingerprint density at radius 1 is 1.31 bits per heavy atom. The van der Waals surface area contributed by atoms with Crippen molar-refractivity contribution in [3.8, 4) is 0 Å². The summed E-state index contributed by atoms with van der Waals surface area (Å²) >= 11 is 0. The van der Waals surface area contributed by atoms with Crippen LogP contribution < -0.4 is 5.73 Å². The zero-order valence-electron chi connectivity index (χ0n) is 11.4. The highest BCUT2D eigenvalue weighted by atomic mass is 15.1. The first-order chi connectivity index (χ1) is 7.71. The predicted octanol–water partition coefficient (Wildman–Crippen LogP) is 2.73. The average Bonchev–Trinajstić information content (AvgIpc) is 2.29. The van der Waals surface area contributed by atoms with Gasteiger partial charge in [0.05, 0.1) is 0 Å². The molecule has 0 aromatic heterocycles. The Hall–Kier alpha value is -0.0800. The van der Waals surface area contributed by atoms with Crippen molar-refractivity contribution in [2.24, 2.45) is 23.5 Å². The van der Waals surface area contributed by atoms with Crippen molar-refractivity contribution in [3.05, 3.63) is 0 Å². The highest BCUT2D eigenvalue weighted by molar-refractivity contribution is 4.80. The Morgan fingerprint density at radius 3 is 2.62 bits per heavy atom. The lowest BCUT2D eigenvalue weighted by Gasteiger charge is -2.39. The topological polar surface area (TPSA) is 29.3 Å². The van der Waals surface area contributed by atoms with Crippen LogP contribution in [0.1, 0.15) is 46.5 Å². The smallest absolute Gasteiger partial charge is 0.00128 e. The van der Waals surface area contributed by atoms with Gasteiger partial charge in [0.2, 0.25) is 0 Å². The summed E-state index contributed by atoms with van der Waals surface area (Å²) in [5.41, 5.74) is 5.85. The van der Waals surface area contributed by atoms with E-state index in [0.717, 1.165) is 24.3 Å². The van der Waals surface area contributed by atoms with Crippen LogP contribution in [-0.2, 0) is 0 Å². The van der Waals surface area contributed by atoms with Crippen LogP contribution in [0.15, 0.2) is 0 Å². The molecule has 1 heterocycles. The Morgan fingerprint density at radius 2 is 2.06 bits per heavy atom. The fourth-order valence-electron chi connectivity index (χ4n) is 3.12. The van der Waals surface area contributed by atoms with Crippen molar-refractivity contribution in [2.45, 2.75) is 46.5 Å². The van der Waals surface area contributed by atoms with Crippen LogP contribution in [0.2, 0.25) is 0 Å². The molecule has 16 heavy (non-hydrogen) atoms. The maximum absolute atomic E-state index is 5.85. The van der Waals surface area contributed by atoms with Gasteiger partial charge in [-0.3, -0.25) is 0 Å². The number of hydrogen-bond acceptors (Lipinski definition) is 2. The van der Waals surface area contributed by atoms with Crippen LogP contribution in [-0.4, -0.2) is 31.1 Å². The van der Waals surface area contributed by atoms with Crippen molar-refractivity contribution < 1.29 is 0 Å². The average molecular weight is 226 g/mol. The van der Waals surface area contributed by atoms with Gasteiger partial charge in [0.1, 0.15) is 0 Å². The Labute approximate surface area is 102 Å². The van der Waals surface area contributed by atoms with E-state index >= 15 is 0 Å². The van der Waals surface area contributed by atoms with E-state index in [4.69, 9.17) is 5.73 Å². The molecule has 1 aliphatic rings. The number of piperidine rings is 1. The van der Waals surface area contributed by atoms with Gasteiger partial charge in [-0.25, -0.2) is 0 Å². The fourth-order valence-corrected chi connectivity index (χ4v) is 3.12. The summed E-state index contributed by atoms with van der Waals surface area (Å²) in [5, 5.41) is 0. The van der Waals surface area contributed by atoms with Crippen molar-refractivity contribution in [1.29, 1.82) is 0 Å². The van der Waals surface area contributed by atoms with Crippen LogP contribution >= 0.6 is 0 Å². The summed E-state index contributed by atoms with van der Waals surface area (Å²) < 4.78 is 0. The molecule has 2 heteroatoms. The van der Waals surface area contributed by atoms with Crippen molar-refractivity contribution in [1.82, 2.24) is 4.90 Å². The van der Waals surface area contributed by atoms with E-state index < -0.39 is 0 Å². The van der Waals surface area contributed by atoms with Crippen LogP contribution in [0.25, 0.3) is 0 Å². The van der Waals surface area contributed by atoms with E-state index in [1.54, 1.807) is 0 Å². The van der Waals surface area contributed by atoms with Crippen molar-refractivity contribution in [3.63, 3.8) is 0 Å². The van der Waals surface area contributed by atoms with E-state index in [1.807, 2.05) is 0 Å². The second kappa shape index (κ2) is 7.29. The third kappa shape index (κ3) is 4.06. The Kier molecular flexibility index (Phi) is 6.37. The van der Waals surface area contributed by atoms with Crippen LogP contribution in [0, 0.1) is 17.8 Å². The second-order valence-electron chi connectivity index (χ2n) is 5.61. The number of nitrogens with zero attached hydrogens (tertiary/aromatic N) is 1. The molecule has 0 saturated carbocycles. The molecule has 0 bridgehead atoms. The molecule has 0 radical (unpaired) electrons. The van der Waals surface area contributed by atoms with Gasteiger partial charge in [0.15, 0.2) is 0 Å². The summed E-state index contributed by atoms with van der Waals surface area (Å²) in [6.45, 7) is 11.7. The highest BCUT2D eigenvalue weighted by Crippen LogP contribution is 2.26. The monoisotopic (exact) mass is 226 g/mol. The molecule has 1 rings (SSSR count). The van der Waals surface area contributed by atoms with Gasteiger partial charge in [-0.15, -0.1) is 0 Å². The summed E-state index contributed by atoms with van der Waals surface area (Å²) in [6, 6.07) is 0. The minimum Gasteiger partial charge on any atom is -0.330 e. The van der Waals surface area contributed by atoms with Gasteiger partial charge < -0.3 is 10.6 Å². The van der Waals surface area contributed by atoms with Gasteiger partial charge in [-0.05, 0) is 43.7 Å². The lowest BCUT2D eigenvalue weighted by Crippen LogP contribution is -2.44. The highest BCUT2D eigenvalue weighted by Gasteiger charge is 2.27. The molecule has 0 amide bonds. The summed E-state index contributed by atoms with van der Waals surface area (Å²) in [4.78, 5) is 2.67. The van der Waals surface area contributed by atoms with E-state index in [-0.39, 0.29) is 0 Å². The third-order valence-corrected chi connectivity index (χ3v) is 4.15. The number of likely N-dealkylation sites (tertiary alicyclic amines) is 1. The Balaban J connectivity index is 2.35. The molecule has 3 atom stereocenters. The van der Waals surface area contributed by atoms with Gasteiger partial charge in [-0.1, -0.05) is 33.6 Å². The van der Waals surface area contributed by atoms with Crippen molar-refractivity contribution in [2.75, 3.05) is 26.2 Å². The largest absolute Gasteiger partial charge is 0.330 e. The maximum atomic E-state index is 5.85. The fraction of sp³-hybridized carbons (Fsp3) is 1.00. The molecule has 1 aliphatic heterocycles. The predicted molar refractivity (Wildman–Crippen MR) is 71.5 cm³/mol. The van der Waals surface area contributed by atoms with Gasteiger partial charge in [0.25, 0.3) is 0 Å². The van der Waals surface area contributed by atoms with E-state index in [0.29, 0.717) is 0 Å². The van der Waals surface area contributed by atoms with Crippen LogP contribution in [0.3, 0.4) is 0 Å². The molecule has 0 aromatic rings. The van der Waals surface area contributed by atoms with Gasteiger partial charge in [-0.2, -0.15) is 0 Å². The first-order valence-electron chi connectivity index (χ1n) is 7.13. The quantitative estimate of drug-likeness (QED) is 0.754. The summed E-state index contributed by atoms with van der Waals surface area (Å²) in [5.74, 6) is 2.48. The molecule has 2 N–H and O–H groups in total. The first kappa shape index (κ1) is 14.0. The molecule has 3 unspecified atom stereocenters. The maximum Gasteiger partial charge on any atom is 0.00128 e. The molecule has 2 nitrogen and oxygen atoms in total. The number of nitrogens with two attached hydrogens (primary N) is 1. The van der Waals surface area contributed by atoms with Crippen LogP contribution in [0.4, 0.5) is 0 Å². The van der Waals surface area contributed by atoms with E-state index in [2.05, 4.69) is 25.7 Å². The van der Waals surface area contributed by atoms with Gasteiger partial charge in [0, 0.05) is 13.1 Å². The zero-order valence-corrected chi connectivity index (χ0v) is 11.4. The second-order valence-corrected chi connectivity index (χ2v) is 5.61.